The van der Waals surface area contributed by atoms with Crippen molar-refractivity contribution in [1.82, 2.24) is 0 Å². The van der Waals surface area contributed by atoms with E-state index in [1.54, 1.807) is 20.8 Å². The van der Waals surface area contributed by atoms with Gasteiger partial charge in [-0.3, -0.25) is 4.79 Å². The van der Waals surface area contributed by atoms with Crippen molar-refractivity contribution in [2.45, 2.75) is 26.4 Å². The normalized spacial score (nSPS) is 10.9. The van der Waals surface area contributed by atoms with Gasteiger partial charge in [-0.25, -0.2) is 4.79 Å². The number of rotatable bonds is 2. The Bertz CT molecular complexity index is 169. The Labute approximate surface area is 65.7 Å². The third kappa shape index (κ3) is 4.50. The molecule has 0 fully saturated rings. The fraction of sp³-hybridized carbons (Fsp3) is 0.714. The number of esters is 1. The summed E-state index contributed by atoms with van der Waals surface area (Å²) in [5, 5.41) is 0. The molecule has 0 radical (unpaired) electrons. The molecule has 0 aliphatic carbocycles. The topological polar surface area (TPSA) is 69.4 Å². The second-order valence-electron chi connectivity index (χ2n) is 3.13. The Hall–Kier alpha value is -0.900. The van der Waals surface area contributed by atoms with Crippen molar-refractivity contribution in [1.29, 1.82) is 0 Å². The lowest BCUT2D eigenvalue weighted by atomic mass is 10.2. The first-order valence-corrected chi connectivity index (χ1v) is 3.33. The zero-order valence-corrected chi connectivity index (χ0v) is 7.01. The van der Waals surface area contributed by atoms with Gasteiger partial charge in [0.2, 0.25) is 0 Å². The first-order chi connectivity index (χ1) is 4.87. The molecule has 0 aromatic carbocycles. The number of carbonyl (C=O) groups excluding carboxylic acids is 2. The number of carbonyl (C=O) groups is 2. The highest BCUT2D eigenvalue weighted by Crippen LogP contribution is 2.06. The summed E-state index contributed by atoms with van der Waals surface area (Å²) >= 11 is 0. The standard InChI is InChI=1S/C7H13NO3/c1-7(2,3)11-6(10)5(9)4-8/h4,8H2,1-3H3. The Morgan fingerprint density at radius 2 is 1.82 bits per heavy atom. The summed E-state index contributed by atoms with van der Waals surface area (Å²) in [5.74, 6) is -1.56. The number of nitrogens with two attached hydrogens (primary N) is 1. The van der Waals surface area contributed by atoms with Gasteiger partial charge in [0.05, 0.1) is 6.54 Å². The Balaban J connectivity index is 3.99. The molecule has 0 saturated heterocycles. The van der Waals surface area contributed by atoms with E-state index in [1.807, 2.05) is 0 Å². The van der Waals surface area contributed by atoms with E-state index in [2.05, 4.69) is 0 Å². The largest absolute Gasteiger partial charge is 0.454 e. The average molecular weight is 159 g/mol. The monoisotopic (exact) mass is 159 g/mol. The van der Waals surface area contributed by atoms with Crippen molar-refractivity contribution in [2.75, 3.05) is 6.54 Å². The number of ketones is 1. The summed E-state index contributed by atoms with van der Waals surface area (Å²) in [6.07, 6.45) is 0. The van der Waals surface area contributed by atoms with Gasteiger partial charge >= 0.3 is 5.97 Å². The zero-order valence-electron chi connectivity index (χ0n) is 7.01. The minimum Gasteiger partial charge on any atom is -0.454 e. The van der Waals surface area contributed by atoms with Crippen LogP contribution in [0.5, 0.6) is 0 Å². The van der Waals surface area contributed by atoms with Crippen LogP contribution in [0.4, 0.5) is 0 Å². The summed E-state index contributed by atoms with van der Waals surface area (Å²) in [5.41, 5.74) is 4.32. The van der Waals surface area contributed by atoms with Gasteiger partial charge in [-0.15, -0.1) is 0 Å². The molecule has 4 nitrogen and oxygen atoms in total. The molecule has 0 unspecified atom stereocenters. The average Bonchev–Trinajstić information content (AvgIpc) is 1.82. The van der Waals surface area contributed by atoms with Crippen molar-refractivity contribution in [3.63, 3.8) is 0 Å². The molecule has 0 spiro atoms. The summed E-state index contributed by atoms with van der Waals surface area (Å²) in [6.45, 7) is 4.77. The van der Waals surface area contributed by atoms with Gasteiger partial charge in [-0.1, -0.05) is 0 Å². The van der Waals surface area contributed by atoms with E-state index in [0.29, 0.717) is 0 Å². The summed E-state index contributed by atoms with van der Waals surface area (Å²) < 4.78 is 4.72. The molecule has 0 rings (SSSR count). The van der Waals surface area contributed by atoms with Gasteiger partial charge in [0.25, 0.3) is 5.78 Å². The fourth-order valence-electron chi connectivity index (χ4n) is 0.418. The lowest BCUT2D eigenvalue weighted by molar-refractivity contribution is -0.161. The number of hydrogen-bond acceptors (Lipinski definition) is 4. The van der Waals surface area contributed by atoms with Crippen LogP contribution in [0.3, 0.4) is 0 Å². The van der Waals surface area contributed by atoms with Crippen LogP contribution < -0.4 is 5.73 Å². The van der Waals surface area contributed by atoms with Gasteiger partial charge in [-0.05, 0) is 20.8 Å². The molecule has 11 heavy (non-hydrogen) atoms. The van der Waals surface area contributed by atoms with Crippen LogP contribution >= 0.6 is 0 Å². The molecule has 0 atom stereocenters. The third-order valence-corrected chi connectivity index (χ3v) is 0.812. The molecule has 0 bridgehead atoms. The Kier molecular flexibility index (Phi) is 3.19. The second kappa shape index (κ2) is 3.48. The van der Waals surface area contributed by atoms with Crippen LogP contribution in [-0.4, -0.2) is 23.9 Å². The zero-order chi connectivity index (χ0) is 9.07. The smallest absolute Gasteiger partial charge is 0.376 e. The van der Waals surface area contributed by atoms with E-state index in [0.717, 1.165) is 0 Å². The van der Waals surface area contributed by atoms with Gasteiger partial charge in [0.15, 0.2) is 0 Å². The number of hydrogen-bond donors (Lipinski definition) is 1. The van der Waals surface area contributed by atoms with Crippen LogP contribution in [0.1, 0.15) is 20.8 Å². The molecule has 0 amide bonds. The molecule has 0 saturated carbocycles. The van der Waals surface area contributed by atoms with Crippen molar-refractivity contribution in [2.24, 2.45) is 5.73 Å². The van der Waals surface area contributed by atoms with E-state index in [1.165, 1.54) is 0 Å². The maximum Gasteiger partial charge on any atom is 0.376 e. The maximum atomic E-state index is 10.7. The molecule has 4 heteroatoms. The van der Waals surface area contributed by atoms with Crippen LogP contribution in [0.15, 0.2) is 0 Å². The molecule has 0 heterocycles. The third-order valence-electron chi connectivity index (χ3n) is 0.812. The number of Topliss-reactive ketones (excluding diaryl/α,β-unsaturated/α-hetero) is 1. The van der Waals surface area contributed by atoms with Gasteiger partial charge in [0, 0.05) is 0 Å². The summed E-state index contributed by atoms with van der Waals surface area (Å²) in [4.78, 5) is 21.3. The van der Waals surface area contributed by atoms with Crippen LogP contribution in [0, 0.1) is 0 Å². The predicted molar refractivity (Wildman–Crippen MR) is 39.9 cm³/mol. The second-order valence-corrected chi connectivity index (χ2v) is 3.13. The summed E-state index contributed by atoms with van der Waals surface area (Å²) in [6, 6.07) is 0. The van der Waals surface area contributed by atoms with Gasteiger partial charge < -0.3 is 10.5 Å². The highest BCUT2D eigenvalue weighted by molar-refractivity contribution is 6.34. The van der Waals surface area contributed by atoms with E-state index in [-0.39, 0.29) is 6.54 Å². The molecule has 0 aliphatic rings. The highest BCUT2D eigenvalue weighted by Gasteiger charge is 2.20. The van der Waals surface area contributed by atoms with Crippen LogP contribution in [-0.2, 0) is 14.3 Å². The van der Waals surface area contributed by atoms with E-state index in [9.17, 15) is 9.59 Å². The van der Waals surface area contributed by atoms with Crippen LogP contribution in [0.2, 0.25) is 0 Å². The molecular weight excluding hydrogens is 146 g/mol. The SMILES string of the molecule is CC(C)(C)OC(=O)C(=O)CN. The first-order valence-electron chi connectivity index (χ1n) is 3.33. The van der Waals surface area contributed by atoms with Crippen molar-refractivity contribution in [3.05, 3.63) is 0 Å². The maximum absolute atomic E-state index is 10.7. The Morgan fingerprint density at radius 1 is 1.36 bits per heavy atom. The minimum atomic E-state index is -0.861. The summed E-state index contributed by atoms with van der Waals surface area (Å²) in [7, 11) is 0. The van der Waals surface area contributed by atoms with Crippen molar-refractivity contribution >= 4 is 11.8 Å². The minimum absolute atomic E-state index is 0.297. The molecular formula is C7H13NO3. The first kappa shape index (κ1) is 10.1. The number of ether oxygens (including phenoxy) is 1. The van der Waals surface area contributed by atoms with Gasteiger partial charge in [0.1, 0.15) is 5.60 Å². The lowest BCUT2D eigenvalue weighted by Gasteiger charge is -2.18. The van der Waals surface area contributed by atoms with Crippen molar-refractivity contribution < 1.29 is 14.3 Å². The predicted octanol–water partition coefficient (Wildman–Crippen LogP) is -0.144. The molecule has 64 valence electrons. The van der Waals surface area contributed by atoms with E-state index >= 15 is 0 Å². The molecule has 0 aromatic rings. The van der Waals surface area contributed by atoms with Gasteiger partial charge in [-0.2, -0.15) is 0 Å². The fourth-order valence-corrected chi connectivity index (χ4v) is 0.418. The molecule has 0 aromatic heterocycles. The quantitative estimate of drug-likeness (QED) is 0.449. The highest BCUT2D eigenvalue weighted by atomic mass is 16.6. The molecule has 2 N–H and O–H groups in total. The Morgan fingerprint density at radius 3 is 2.09 bits per heavy atom. The van der Waals surface area contributed by atoms with E-state index in [4.69, 9.17) is 10.5 Å². The van der Waals surface area contributed by atoms with Crippen molar-refractivity contribution in [3.8, 4) is 0 Å². The van der Waals surface area contributed by atoms with Crippen LogP contribution in [0.25, 0.3) is 0 Å². The van der Waals surface area contributed by atoms with E-state index < -0.39 is 17.4 Å². The lowest BCUT2D eigenvalue weighted by Crippen LogP contribution is -2.32. The molecule has 0 aliphatic heterocycles.